The van der Waals surface area contributed by atoms with Gasteiger partial charge < -0.3 is 4.74 Å². The lowest BCUT2D eigenvalue weighted by atomic mass is 10.1. The first-order valence-electron chi connectivity index (χ1n) is 4.32. The van der Waals surface area contributed by atoms with Crippen LogP contribution in [0.2, 0.25) is 0 Å². The highest BCUT2D eigenvalue weighted by Gasteiger charge is 2.36. The summed E-state index contributed by atoms with van der Waals surface area (Å²) < 4.78 is 78.9. The summed E-state index contributed by atoms with van der Waals surface area (Å²) in [4.78, 5) is 13.4. The first-order chi connectivity index (χ1) is 8.18. The van der Waals surface area contributed by atoms with Gasteiger partial charge in [0.1, 0.15) is 11.3 Å². The van der Waals surface area contributed by atoms with Crippen molar-refractivity contribution in [1.29, 1.82) is 0 Å². The molecule has 0 unspecified atom stereocenters. The van der Waals surface area contributed by atoms with Crippen molar-refractivity contribution < 1.29 is 35.9 Å². The van der Waals surface area contributed by atoms with Crippen molar-refractivity contribution >= 4 is 5.97 Å². The van der Waals surface area contributed by atoms with Crippen LogP contribution in [0.1, 0.15) is 28.0 Å². The summed E-state index contributed by atoms with van der Waals surface area (Å²) in [6.07, 6.45) is -8.57. The Bertz CT molecular complexity index is 471. The molecule has 9 heteroatoms. The van der Waals surface area contributed by atoms with E-state index in [1.54, 1.807) is 0 Å². The molecule has 0 saturated heterocycles. The highest BCUT2D eigenvalue weighted by Crippen LogP contribution is 2.33. The second kappa shape index (κ2) is 4.83. The number of rotatable bonds is 2. The highest BCUT2D eigenvalue weighted by atomic mass is 19.4. The Kier molecular flexibility index (Phi) is 3.82. The molecule has 1 heterocycles. The van der Waals surface area contributed by atoms with Gasteiger partial charge in [-0.15, -0.1) is 0 Å². The molecule has 0 aromatic carbocycles. The van der Waals surface area contributed by atoms with E-state index in [0.29, 0.717) is 0 Å². The third-order valence-corrected chi connectivity index (χ3v) is 1.92. The van der Waals surface area contributed by atoms with Crippen molar-refractivity contribution in [1.82, 2.24) is 4.98 Å². The number of alkyl halides is 5. The van der Waals surface area contributed by atoms with Crippen LogP contribution >= 0.6 is 0 Å². The molecule has 0 bridgehead atoms. The summed E-state index contributed by atoms with van der Waals surface area (Å²) in [7, 11) is 0.773. The fourth-order valence-electron chi connectivity index (χ4n) is 1.15. The number of carbonyl (C=O) groups is 1. The zero-order chi connectivity index (χ0) is 14.1. The molecule has 1 rings (SSSR count). The molecule has 0 N–H and O–H groups in total. The molecule has 1 aromatic rings. The quantitative estimate of drug-likeness (QED) is 0.472. The normalized spacial score (nSPS) is 11.8. The molecule has 0 radical (unpaired) electrons. The average Bonchev–Trinajstić information content (AvgIpc) is 2.25. The van der Waals surface area contributed by atoms with E-state index in [9.17, 15) is 31.1 Å². The lowest BCUT2D eigenvalue weighted by Crippen LogP contribution is -2.16. The molecule has 0 aliphatic heterocycles. The van der Waals surface area contributed by atoms with Gasteiger partial charge in [-0.3, -0.25) is 0 Å². The van der Waals surface area contributed by atoms with E-state index in [1.807, 2.05) is 0 Å². The first-order valence-corrected chi connectivity index (χ1v) is 4.32. The van der Waals surface area contributed by atoms with Crippen LogP contribution in [0.5, 0.6) is 0 Å². The van der Waals surface area contributed by atoms with Gasteiger partial charge in [0.15, 0.2) is 0 Å². The third-order valence-electron chi connectivity index (χ3n) is 1.92. The van der Waals surface area contributed by atoms with Crippen LogP contribution in [0.25, 0.3) is 0 Å². The van der Waals surface area contributed by atoms with Crippen molar-refractivity contribution in [2.45, 2.75) is 12.6 Å². The van der Waals surface area contributed by atoms with E-state index in [-0.39, 0.29) is 6.07 Å². The number of esters is 1. The lowest BCUT2D eigenvalue weighted by Gasteiger charge is -2.11. The fraction of sp³-hybridized carbons (Fsp3) is 0.333. The summed E-state index contributed by atoms with van der Waals surface area (Å²) in [5, 5.41) is 0. The number of carbonyl (C=O) groups excluding carboxylic acids is 1. The van der Waals surface area contributed by atoms with Gasteiger partial charge in [0.05, 0.1) is 7.11 Å². The van der Waals surface area contributed by atoms with Crippen LogP contribution in [0, 0.1) is 5.95 Å². The molecule has 0 aliphatic rings. The van der Waals surface area contributed by atoms with Crippen molar-refractivity contribution in [3.8, 4) is 0 Å². The molecular weight excluding hydrogens is 268 g/mol. The number of methoxy groups -OCH3 is 1. The van der Waals surface area contributed by atoms with E-state index in [2.05, 4.69) is 9.72 Å². The molecular formula is C9H5F6NO2. The number of nitrogens with zero attached hydrogens (tertiary/aromatic N) is 1. The summed E-state index contributed by atoms with van der Waals surface area (Å²) in [5.41, 5.74) is -4.56. The van der Waals surface area contributed by atoms with E-state index >= 15 is 0 Å². The van der Waals surface area contributed by atoms with Crippen molar-refractivity contribution in [2.24, 2.45) is 0 Å². The first kappa shape index (κ1) is 14.3. The van der Waals surface area contributed by atoms with Crippen molar-refractivity contribution in [3.05, 3.63) is 28.8 Å². The Morgan fingerprint density at radius 3 is 2.33 bits per heavy atom. The topological polar surface area (TPSA) is 39.2 Å². The smallest absolute Gasteiger partial charge is 0.433 e. The van der Waals surface area contributed by atoms with Gasteiger partial charge >= 0.3 is 12.1 Å². The van der Waals surface area contributed by atoms with E-state index < -0.39 is 41.3 Å². The number of aromatic nitrogens is 1. The maximum absolute atomic E-state index is 13.2. The SMILES string of the molecule is COC(=O)c1c(C(F)F)cc(C(F)(F)F)nc1F. The van der Waals surface area contributed by atoms with Crippen LogP contribution in [0.15, 0.2) is 6.07 Å². The highest BCUT2D eigenvalue weighted by molar-refractivity contribution is 5.91. The van der Waals surface area contributed by atoms with Crippen LogP contribution < -0.4 is 0 Å². The molecule has 0 saturated carbocycles. The number of hydrogen-bond acceptors (Lipinski definition) is 3. The second-order valence-electron chi connectivity index (χ2n) is 3.05. The zero-order valence-corrected chi connectivity index (χ0v) is 8.69. The molecule has 3 nitrogen and oxygen atoms in total. The second-order valence-corrected chi connectivity index (χ2v) is 3.05. The van der Waals surface area contributed by atoms with E-state index in [1.165, 1.54) is 0 Å². The number of ether oxygens (including phenoxy) is 1. The number of halogens is 6. The summed E-state index contributed by atoms with van der Waals surface area (Å²) >= 11 is 0. The summed E-state index contributed by atoms with van der Waals surface area (Å²) in [6.45, 7) is 0. The monoisotopic (exact) mass is 273 g/mol. The molecule has 1 aromatic heterocycles. The average molecular weight is 273 g/mol. The van der Waals surface area contributed by atoms with Crippen LogP contribution in [0.3, 0.4) is 0 Å². The van der Waals surface area contributed by atoms with Gasteiger partial charge in [0.25, 0.3) is 6.43 Å². The Morgan fingerprint density at radius 2 is 1.94 bits per heavy atom. The van der Waals surface area contributed by atoms with Gasteiger partial charge in [0.2, 0.25) is 5.95 Å². The van der Waals surface area contributed by atoms with Crippen LogP contribution in [-0.4, -0.2) is 18.1 Å². The Balaban J connectivity index is 3.51. The van der Waals surface area contributed by atoms with Gasteiger partial charge in [-0.1, -0.05) is 0 Å². The van der Waals surface area contributed by atoms with Crippen LogP contribution in [-0.2, 0) is 10.9 Å². The maximum atomic E-state index is 13.2. The maximum Gasteiger partial charge on any atom is 0.433 e. The van der Waals surface area contributed by atoms with Gasteiger partial charge in [-0.2, -0.15) is 17.6 Å². The summed E-state index contributed by atoms with van der Waals surface area (Å²) in [6, 6.07) is -0.0833. The Hall–Kier alpha value is -1.80. The largest absolute Gasteiger partial charge is 0.465 e. The van der Waals surface area contributed by atoms with Crippen LogP contribution in [0.4, 0.5) is 26.3 Å². The Labute approximate surface area is 96.4 Å². The third kappa shape index (κ3) is 2.71. The zero-order valence-electron chi connectivity index (χ0n) is 8.69. The molecule has 18 heavy (non-hydrogen) atoms. The predicted molar refractivity (Wildman–Crippen MR) is 45.5 cm³/mol. The van der Waals surface area contributed by atoms with Crippen molar-refractivity contribution in [2.75, 3.05) is 7.11 Å². The van der Waals surface area contributed by atoms with Gasteiger partial charge in [-0.25, -0.2) is 18.6 Å². The van der Waals surface area contributed by atoms with Gasteiger partial charge in [0, 0.05) is 5.56 Å². The van der Waals surface area contributed by atoms with E-state index in [4.69, 9.17) is 0 Å². The summed E-state index contributed by atoms with van der Waals surface area (Å²) in [5.74, 6) is -3.48. The molecule has 0 amide bonds. The minimum Gasteiger partial charge on any atom is -0.465 e. The molecule has 0 spiro atoms. The molecule has 0 atom stereocenters. The molecule has 0 aliphatic carbocycles. The van der Waals surface area contributed by atoms with Crippen molar-refractivity contribution in [3.63, 3.8) is 0 Å². The Morgan fingerprint density at radius 1 is 1.39 bits per heavy atom. The van der Waals surface area contributed by atoms with E-state index in [0.717, 1.165) is 7.11 Å². The fourth-order valence-corrected chi connectivity index (χ4v) is 1.15. The molecule has 0 fully saturated rings. The standard InChI is InChI=1S/C9H5F6NO2/c1-18-8(17)5-3(6(10)11)2-4(9(13,14)15)16-7(5)12/h2,6H,1H3. The predicted octanol–water partition coefficient (Wildman–Crippen LogP) is 2.96. The number of hydrogen-bond donors (Lipinski definition) is 0. The van der Waals surface area contributed by atoms with Gasteiger partial charge in [-0.05, 0) is 6.07 Å². The minimum absolute atomic E-state index is 0.0833. The minimum atomic E-state index is -5.10. The number of pyridine rings is 1. The molecule has 100 valence electrons. The lowest BCUT2D eigenvalue weighted by molar-refractivity contribution is -0.141.